The highest BCUT2D eigenvalue weighted by Gasteiger charge is 2.19. The molecule has 6 heteroatoms. The summed E-state index contributed by atoms with van der Waals surface area (Å²) < 4.78 is 0. The van der Waals surface area contributed by atoms with Crippen LogP contribution in [-0.2, 0) is 18.4 Å². The van der Waals surface area contributed by atoms with E-state index in [4.69, 9.17) is 5.73 Å². The number of nitrogens with one attached hydrogen (secondary N) is 2. The third-order valence-corrected chi connectivity index (χ3v) is 4.68. The zero-order valence-electron chi connectivity index (χ0n) is 16.4. The average Bonchev–Trinajstić information content (AvgIpc) is 3.04. The lowest BCUT2D eigenvalue weighted by Crippen LogP contribution is -2.15. The summed E-state index contributed by atoms with van der Waals surface area (Å²) >= 11 is 0. The molecule has 0 unspecified atom stereocenters. The van der Waals surface area contributed by atoms with Crippen molar-refractivity contribution in [1.82, 2.24) is 10.2 Å². The first-order valence-electron chi connectivity index (χ1n) is 9.22. The monoisotopic (exact) mass is 378 g/mol. The Morgan fingerprint density at radius 2 is 1.68 bits per heavy atom. The van der Waals surface area contributed by atoms with Crippen molar-refractivity contribution in [2.75, 3.05) is 5.32 Å². The standard InChI is InChI=1S/C22H26N4O2/c1-22(2,3)16-8-4-14(5-9-16)12-18-19(20(23)28)21(26-25-18)24-13-15-6-10-17(27)11-7-15/h4-11,27H,12-13H2,1-3H3,(H2,23,28)(H2,24,25,26). The van der Waals surface area contributed by atoms with Gasteiger partial charge in [0, 0.05) is 13.0 Å². The van der Waals surface area contributed by atoms with Gasteiger partial charge in [-0.1, -0.05) is 57.2 Å². The number of carbonyl (C=O) groups is 1. The van der Waals surface area contributed by atoms with E-state index in [9.17, 15) is 9.90 Å². The number of amides is 1. The molecule has 1 heterocycles. The highest BCUT2D eigenvalue weighted by atomic mass is 16.3. The van der Waals surface area contributed by atoms with Crippen LogP contribution in [-0.4, -0.2) is 21.2 Å². The molecule has 0 spiro atoms. The Hall–Kier alpha value is -3.28. The Kier molecular flexibility index (Phi) is 5.40. The number of anilines is 1. The predicted molar refractivity (Wildman–Crippen MR) is 110 cm³/mol. The molecule has 1 aromatic heterocycles. The first-order chi connectivity index (χ1) is 13.2. The van der Waals surface area contributed by atoms with Crippen molar-refractivity contribution < 1.29 is 9.90 Å². The number of nitrogens with two attached hydrogens (primary N) is 1. The smallest absolute Gasteiger partial charge is 0.254 e. The second kappa shape index (κ2) is 7.76. The molecule has 0 saturated heterocycles. The Balaban J connectivity index is 1.77. The molecule has 0 aliphatic carbocycles. The number of H-pyrrole nitrogens is 1. The van der Waals surface area contributed by atoms with Crippen molar-refractivity contribution in [2.45, 2.75) is 39.2 Å². The molecule has 1 amide bonds. The minimum atomic E-state index is -0.525. The van der Waals surface area contributed by atoms with E-state index in [-0.39, 0.29) is 11.2 Å². The molecule has 2 aromatic carbocycles. The number of carbonyl (C=O) groups excluding carboxylic acids is 1. The van der Waals surface area contributed by atoms with E-state index in [1.54, 1.807) is 24.3 Å². The Bertz CT molecular complexity index is 952. The van der Waals surface area contributed by atoms with Gasteiger partial charge in [0.1, 0.15) is 11.3 Å². The maximum Gasteiger partial charge on any atom is 0.254 e. The maximum absolute atomic E-state index is 12.0. The van der Waals surface area contributed by atoms with Crippen LogP contribution >= 0.6 is 0 Å². The van der Waals surface area contributed by atoms with Crippen LogP contribution in [0.3, 0.4) is 0 Å². The SMILES string of the molecule is CC(C)(C)c1ccc(Cc2[nH]nc(NCc3ccc(O)cc3)c2C(N)=O)cc1. The summed E-state index contributed by atoms with van der Waals surface area (Å²) in [5, 5.41) is 19.7. The van der Waals surface area contributed by atoms with Crippen molar-refractivity contribution in [1.29, 1.82) is 0 Å². The number of aromatic hydroxyl groups is 1. The van der Waals surface area contributed by atoms with E-state index in [1.807, 2.05) is 0 Å². The van der Waals surface area contributed by atoms with Crippen molar-refractivity contribution in [2.24, 2.45) is 5.73 Å². The van der Waals surface area contributed by atoms with E-state index in [1.165, 1.54) is 5.56 Å². The minimum Gasteiger partial charge on any atom is -0.508 e. The molecule has 0 radical (unpaired) electrons. The zero-order valence-corrected chi connectivity index (χ0v) is 16.4. The van der Waals surface area contributed by atoms with E-state index in [0.29, 0.717) is 30.0 Å². The van der Waals surface area contributed by atoms with Gasteiger partial charge in [-0.05, 0) is 34.2 Å². The fourth-order valence-corrected chi connectivity index (χ4v) is 3.03. The Labute approximate surface area is 164 Å². The second-order valence-electron chi connectivity index (χ2n) is 7.93. The van der Waals surface area contributed by atoms with E-state index < -0.39 is 5.91 Å². The summed E-state index contributed by atoms with van der Waals surface area (Å²) in [7, 11) is 0. The number of benzene rings is 2. The lowest BCUT2D eigenvalue weighted by Gasteiger charge is -2.19. The van der Waals surface area contributed by atoms with Crippen LogP contribution in [0.5, 0.6) is 5.75 Å². The van der Waals surface area contributed by atoms with Gasteiger partial charge >= 0.3 is 0 Å². The third-order valence-electron chi connectivity index (χ3n) is 4.68. The molecule has 0 fully saturated rings. The van der Waals surface area contributed by atoms with Crippen LogP contribution in [0, 0.1) is 0 Å². The molecule has 28 heavy (non-hydrogen) atoms. The highest BCUT2D eigenvalue weighted by molar-refractivity contribution is 5.98. The quantitative estimate of drug-likeness (QED) is 0.525. The van der Waals surface area contributed by atoms with Crippen molar-refractivity contribution in [3.63, 3.8) is 0 Å². The van der Waals surface area contributed by atoms with Gasteiger partial charge < -0.3 is 16.2 Å². The van der Waals surface area contributed by atoms with E-state index in [2.05, 4.69) is 60.6 Å². The van der Waals surface area contributed by atoms with Gasteiger partial charge in [-0.15, -0.1) is 0 Å². The van der Waals surface area contributed by atoms with Gasteiger partial charge in [0.05, 0.1) is 5.69 Å². The molecule has 5 N–H and O–H groups in total. The zero-order chi connectivity index (χ0) is 20.3. The van der Waals surface area contributed by atoms with Crippen molar-refractivity contribution in [3.8, 4) is 5.75 Å². The van der Waals surface area contributed by atoms with Crippen LogP contribution in [0.25, 0.3) is 0 Å². The number of primary amides is 1. The molecular weight excluding hydrogens is 352 g/mol. The van der Waals surface area contributed by atoms with Gasteiger partial charge in [-0.25, -0.2) is 0 Å². The molecule has 0 aliphatic heterocycles. The number of hydrogen-bond acceptors (Lipinski definition) is 4. The fourth-order valence-electron chi connectivity index (χ4n) is 3.03. The number of phenols is 1. The fraction of sp³-hybridized carbons (Fsp3) is 0.273. The number of nitrogens with zero attached hydrogens (tertiary/aromatic N) is 1. The van der Waals surface area contributed by atoms with E-state index in [0.717, 1.165) is 11.1 Å². The molecule has 0 saturated carbocycles. The number of hydrogen-bond donors (Lipinski definition) is 4. The molecular formula is C22H26N4O2. The summed E-state index contributed by atoms with van der Waals surface area (Å²) in [5.41, 5.74) is 10.0. The van der Waals surface area contributed by atoms with Crippen molar-refractivity contribution in [3.05, 3.63) is 76.5 Å². The Morgan fingerprint density at radius 3 is 2.25 bits per heavy atom. The molecule has 3 aromatic rings. The van der Waals surface area contributed by atoms with Crippen molar-refractivity contribution >= 4 is 11.7 Å². The van der Waals surface area contributed by atoms with Crippen LogP contribution in [0.15, 0.2) is 48.5 Å². The summed E-state index contributed by atoms with van der Waals surface area (Å²) in [6, 6.07) is 15.2. The summed E-state index contributed by atoms with van der Waals surface area (Å²) in [4.78, 5) is 12.0. The van der Waals surface area contributed by atoms with Crippen LogP contribution in [0.4, 0.5) is 5.82 Å². The molecule has 6 nitrogen and oxygen atoms in total. The normalized spacial score (nSPS) is 11.4. The first-order valence-corrected chi connectivity index (χ1v) is 9.22. The van der Waals surface area contributed by atoms with Crippen LogP contribution in [0.2, 0.25) is 0 Å². The highest BCUT2D eigenvalue weighted by Crippen LogP contribution is 2.24. The number of rotatable bonds is 6. The van der Waals surface area contributed by atoms with Crippen LogP contribution in [0.1, 0.15) is 53.5 Å². The number of aromatic nitrogens is 2. The van der Waals surface area contributed by atoms with E-state index >= 15 is 0 Å². The summed E-state index contributed by atoms with van der Waals surface area (Å²) in [6.07, 6.45) is 0.538. The van der Waals surface area contributed by atoms with Gasteiger partial charge in [-0.2, -0.15) is 5.10 Å². The number of phenolic OH excluding ortho intramolecular Hbond substituents is 1. The topological polar surface area (TPSA) is 104 Å². The lowest BCUT2D eigenvalue weighted by atomic mass is 9.86. The number of aromatic amines is 1. The molecule has 0 atom stereocenters. The molecule has 3 rings (SSSR count). The summed E-state index contributed by atoms with van der Waals surface area (Å²) in [6.45, 7) is 6.99. The second-order valence-corrected chi connectivity index (χ2v) is 7.93. The third kappa shape index (κ3) is 4.52. The minimum absolute atomic E-state index is 0.0935. The van der Waals surface area contributed by atoms with Gasteiger partial charge in [0.15, 0.2) is 5.82 Å². The van der Waals surface area contributed by atoms with Gasteiger partial charge in [0.2, 0.25) is 0 Å². The Morgan fingerprint density at radius 1 is 1.07 bits per heavy atom. The summed E-state index contributed by atoms with van der Waals surface area (Å²) in [5.74, 6) is 0.117. The predicted octanol–water partition coefficient (Wildman–Crippen LogP) is 3.71. The molecule has 0 bridgehead atoms. The first kappa shape index (κ1) is 19.5. The lowest BCUT2D eigenvalue weighted by molar-refractivity contribution is 0.100. The van der Waals surface area contributed by atoms with Gasteiger partial charge in [-0.3, -0.25) is 9.89 Å². The molecule has 146 valence electrons. The average molecular weight is 378 g/mol. The van der Waals surface area contributed by atoms with Crippen LogP contribution < -0.4 is 11.1 Å². The molecule has 0 aliphatic rings. The largest absolute Gasteiger partial charge is 0.508 e. The van der Waals surface area contributed by atoms with Gasteiger partial charge in [0.25, 0.3) is 5.91 Å². The maximum atomic E-state index is 12.0.